The number of nitrogens with one attached hydrogen (secondary N) is 1. The number of likely N-dealkylation sites (tertiary alicyclic amines) is 1. The number of halogens is 1. The van der Waals surface area contributed by atoms with Crippen LogP contribution in [0.15, 0.2) is 38.5 Å². The van der Waals surface area contributed by atoms with Gasteiger partial charge < -0.3 is 14.6 Å². The predicted molar refractivity (Wildman–Crippen MR) is 96.6 cm³/mol. The minimum Gasteiger partial charge on any atom is -0.422 e. The minimum atomic E-state index is -0.789. The summed E-state index contributed by atoms with van der Waals surface area (Å²) in [6, 6.07) is 6.36. The van der Waals surface area contributed by atoms with Crippen LogP contribution in [0.4, 0.5) is 0 Å². The number of carbonyl (C=O) groups is 2. The fourth-order valence-electron chi connectivity index (χ4n) is 3.51. The van der Waals surface area contributed by atoms with Crippen molar-refractivity contribution >= 4 is 40.2 Å². The second-order valence-electron chi connectivity index (χ2n) is 6.60. The van der Waals surface area contributed by atoms with E-state index < -0.39 is 17.1 Å². The molecular formula is C18H16ClN3O4. The average molecular weight is 374 g/mol. The van der Waals surface area contributed by atoms with Crippen molar-refractivity contribution in [1.29, 1.82) is 0 Å². The van der Waals surface area contributed by atoms with Gasteiger partial charge in [-0.25, -0.2) is 4.79 Å². The van der Waals surface area contributed by atoms with Crippen LogP contribution >= 0.6 is 11.6 Å². The van der Waals surface area contributed by atoms with Gasteiger partial charge in [0.25, 0.3) is 11.8 Å². The maximum absolute atomic E-state index is 12.8. The Balaban J connectivity index is 1.59. The molecule has 1 spiro atoms. The topological polar surface area (TPSA) is 92.0 Å². The Hall–Kier alpha value is -2.67. The Labute approximate surface area is 153 Å². The molecule has 1 N–H and O–H groups in total. The van der Waals surface area contributed by atoms with Gasteiger partial charge in [0, 0.05) is 23.5 Å². The van der Waals surface area contributed by atoms with Crippen LogP contribution in [0, 0.1) is 0 Å². The number of piperidine rings is 1. The second kappa shape index (κ2) is 5.95. The van der Waals surface area contributed by atoms with Gasteiger partial charge in [0.1, 0.15) is 22.5 Å². The highest BCUT2D eigenvalue weighted by molar-refractivity contribution is 6.31. The number of amides is 2. The molecule has 2 amide bonds. The van der Waals surface area contributed by atoms with Crippen LogP contribution in [-0.2, 0) is 4.79 Å². The van der Waals surface area contributed by atoms with E-state index in [1.807, 2.05) is 0 Å². The molecule has 0 aliphatic carbocycles. The predicted octanol–water partition coefficient (Wildman–Crippen LogP) is 1.97. The van der Waals surface area contributed by atoms with E-state index >= 15 is 0 Å². The molecule has 3 heterocycles. The van der Waals surface area contributed by atoms with Crippen LogP contribution in [0.3, 0.4) is 0 Å². The van der Waals surface area contributed by atoms with E-state index in [0.29, 0.717) is 47.8 Å². The van der Waals surface area contributed by atoms with E-state index in [4.69, 9.17) is 16.0 Å². The summed E-state index contributed by atoms with van der Waals surface area (Å²) in [5.74, 6) is 0.0679. The lowest BCUT2D eigenvalue weighted by atomic mass is 9.88. The highest BCUT2D eigenvalue weighted by atomic mass is 35.5. The van der Waals surface area contributed by atoms with Gasteiger partial charge in [-0.1, -0.05) is 11.6 Å². The fraction of sp³-hybridized carbons (Fsp3) is 0.333. The molecule has 4 rings (SSSR count). The lowest BCUT2D eigenvalue weighted by Crippen LogP contribution is -2.50. The third kappa shape index (κ3) is 2.68. The summed E-state index contributed by atoms with van der Waals surface area (Å²) in [4.78, 5) is 43.1. The lowest BCUT2D eigenvalue weighted by Gasteiger charge is -2.35. The molecule has 2 aliphatic heterocycles. The summed E-state index contributed by atoms with van der Waals surface area (Å²) < 4.78 is 5.24. The molecule has 0 unspecified atom stereocenters. The normalized spacial score (nSPS) is 18.9. The molecule has 0 radical (unpaired) electrons. The van der Waals surface area contributed by atoms with Gasteiger partial charge in [-0.15, -0.1) is 0 Å². The molecule has 1 aromatic carbocycles. The number of hydrogen-bond donors (Lipinski definition) is 1. The van der Waals surface area contributed by atoms with Gasteiger partial charge >= 0.3 is 5.63 Å². The van der Waals surface area contributed by atoms with Crippen molar-refractivity contribution in [3.63, 3.8) is 0 Å². The summed E-state index contributed by atoms with van der Waals surface area (Å²) in [6.45, 7) is 2.43. The Bertz CT molecular complexity index is 1020. The van der Waals surface area contributed by atoms with Crippen molar-refractivity contribution in [2.45, 2.75) is 25.3 Å². The molecule has 1 saturated heterocycles. The maximum atomic E-state index is 12.8. The summed E-state index contributed by atoms with van der Waals surface area (Å²) in [5, 5.41) is 3.80. The Morgan fingerprint density at radius 3 is 2.65 bits per heavy atom. The molecule has 2 aliphatic rings. The van der Waals surface area contributed by atoms with Gasteiger partial charge in [0.2, 0.25) is 0 Å². The largest absolute Gasteiger partial charge is 0.422 e. The molecule has 8 heteroatoms. The molecular weight excluding hydrogens is 358 g/mol. The summed E-state index contributed by atoms with van der Waals surface area (Å²) in [6.07, 6.45) is 0.847. The third-order valence-electron chi connectivity index (χ3n) is 4.90. The first-order valence-electron chi connectivity index (χ1n) is 8.29. The van der Waals surface area contributed by atoms with Gasteiger partial charge in [-0.05, 0) is 44.0 Å². The number of hydrogen-bond acceptors (Lipinski definition) is 5. The van der Waals surface area contributed by atoms with Crippen molar-refractivity contribution in [3.8, 4) is 0 Å². The van der Waals surface area contributed by atoms with Crippen LogP contribution in [0.5, 0.6) is 0 Å². The first kappa shape index (κ1) is 16.8. The summed E-state index contributed by atoms with van der Waals surface area (Å²) in [7, 11) is 0. The lowest BCUT2D eigenvalue weighted by molar-refractivity contribution is -0.125. The highest BCUT2D eigenvalue weighted by Crippen LogP contribution is 2.30. The van der Waals surface area contributed by atoms with Gasteiger partial charge in [0.05, 0.1) is 0 Å². The van der Waals surface area contributed by atoms with E-state index in [1.165, 1.54) is 6.07 Å². The first-order valence-corrected chi connectivity index (χ1v) is 8.66. The van der Waals surface area contributed by atoms with Crippen molar-refractivity contribution in [2.24, 2.45) is 4.99 Å². The second-order valence-corrected chi connectivity index (χ2v) is 7.04. The van der Waals surface area contributed by atoms with Crippen LogP contribution in [0.25, 0.3) is 11.0 Å². The van der Waals surface area contributed by atoms with E-state index in [2.05, 4.69) is 10.3 Å². The average Bonchev–Trinajstić information content (AvgIpc) is 2.88. The molecule has 1 fully saturated rings. The van der Waals surface area contributed by atoms with Crippen LogP contribution in [0.1, 0.15) is 30.1 Å². The molecule has 2 aromatic rings. The smallest absolute Gasteiger partial charge is 0.349 e. The fourth-order valence-corrected chi connectivity index (χ4v) is 3.69. The monoisotopic (exact) mass is 373 g/mol. The zero-order chi connectivity index (χ0) is 18.5. The first-order chi connectivity index (χ1) is 12.4. The van der Waals surface area contributed by atoms with Crippen molar-refractivity contribution < 1.29 is 14.0 Å². The summed E-state index contributed by atoms with van der Waals surface area (Å²) in [5.41, 5.74) is -1.13. The van der Waals surface area contributed by atoms with Crippen LogP contribution in [-0.4, -0.2) is 41.2 Å². The third-order valence-corrected chi connectivity index (χ3v) is 5.14. The molecule has 0 bridgehead atoms. The van der Waals surface area contributed by atoms with E-state index in [0.717, 1.165) is 0 Å². The molecule has 7 nitrogen and oxygen atoms in total. The molecule has 26 heavy (non-hydrogen) atoms. The Morgan fingerprint density at radius 1 is 1.27 bits per heavy atom. The highest BCUT2D eigenvalue weighted by Gasteiger charge is 2.45. The minimum absolute atomic E-state index is 0.0359. The Morgan fingerprint density at radius 2 is 2.00 bits per heavy atom. The number of nitrogens with zero attached hydrogens (tertiary/aromatic N) is 2. The zero-order valence-corrected chi connectivity index (χ0v) is 14.8. The number of fused-ring (bicyclic) bond motifs is 1. The van der Waals surface area contributed by atoms with E-state index in [1.54, 1.807) is 30.0 Å². The maximum Gasteiger partial charge on any atom is 0.349 e. The number of rotatable bonds is 1. The van der Waals surface area contributed by atoms with E-state index in [9.17, 15) is 14.4 Å². The molecule has 1 aromatic heterocycles. The van der Waals surface area contributed by atoms with Crippen molar-refractivity contribution in [3.05, 3.63) is 45.3 Å². The molecule has 134 valence electrons. The number of carbonyl (C=O) groups excluding carboxylic acids is 2. The number of amidine groups is 1. The SMILES string of the molecule is CC1=NC2(CCN(C(=O)c3cc4cc(Cl)ccc4oc3=O)CC2)C(=O)N1. The van der Waals surface area contributed by atoms with Crippen LogP contribution in [0.2, 0.25) is 5.02 Å². The Kier molecular flexibility index (Phi) is 3.84. The quantitative estimate of drug-likeness (QED) is 0.773. The summed E-state index contributed by atoms with van der Waals surface area (Å²) >= 11 is 5.97. The van der Waals surface area contributed by atoms with E-state index in [-0.39, 0.29) is 11.5 Å². The standard InChI is InChI=1S/C18H16ClN3O4/c1-10-20-17(25)18(21-10)4-6-22(7-5-18)15(23)13-9-11-8-12(19)2-3-14(11)26-16(13)24/h2-3,8-9H,4-7H2,1H3,(H,20,21,25). The van der Waals surface area contributed by atoms with Crippen molar-refractivity contribution in [1.82, 2.24) is 10.2 Å². The van der Waals surface area contributed by atoms with Crippen LogP contribution < -0.4 is 10.9 Å². The molecule has 0 atom stereocenters. The number of aliphatic imine (C=N–C) groups is 1. The van der Waals surface area contributed by atoms with Gasteiger partial charge in [0.15, 0.2) is 0 Å². The van der Waals surface area contributed by atoms with Gasteiger partial charge in [-0.2, -0.15) is 0 Å². The number of benzene rings is 1. The van der Waals surface area contributed by atoms with Crippen molar-refractivity contribution in [2.75, 3.05) is 13.1 Å². The molecule has 0 saturated carbocycles. The van der Waals surface area contributed by atoms with Gasteiger partial charge in [-0.3, -0.25) is 14.6 Å². The zero-order valence-electron chi connectivity index (χ0n) is 14.0.